The van der Waals surface area contributed by atoms with Crippen LogP contribution < -0.4 is 5.69 Å². The van der Waals surface area contributed by atoms with Crippen LogP contribution in [0.1, 0.15) is 0 Å². The molecule has 0 spiro atoms. The van der Waals surface area contributed by atoms with Gasteiger partial charge in [0.1, 0.15) is 6.54 Å². The molecule has 1 aromatic carbocycles. The van der Waals surface area contributed by atoms with E-state index in [1.54, 1.807) is 18.2 Å². The lowest BCUT2D eigenvalue weighted by atomic mass is 10.2. The smallest absolute Gasteiger partial charge is 0.263 e. The minimum absolute atomic E-state index is 0.0672. The zero-order valence-corrected chi connectivity index (χ0v) is 11.8. The van der Waals surface area contributed by atoms with Crippen LogP contribution in [0, 0.1) is 24.7 Å². The van der Waals surface area contributed by atoms with Gasteiger partial charge in [0.15, 0.2) is 5.82 Å². The van der Waals surface area contributed by atoms with Gasteiger partial charge >= 0.3 is 5.69 Å². The van der Waals surface area contributed by atoms with Crippen LogP contribution in [-0.4, -0.2) is 14.3 Å². The number of terminal acetylenes is 2. The molecule has 0 bridgehead atoms. The molecule has 0 aliphatic carbocycles. The van der Waals surface area contributed by atoms with Crippen molar-refractivity contribution in [1.82, 2.24) is 14.3 Å². The Bertz CT molecular complexity index is 770. The standard InChI is InChI=1S/C14H9Cl2N3O/c1-3-5-18-13(17-19(6-4-2)14(18)20)10-7-11(15)9-12(16)8-10/h1-2,7-9H,5-6H2. The fourth-order valence-corrected chi connectivity index (χ4v) is 2.29. The summed E-state index contributed by atoms with van der Waals surface area (Å²) in [4.78, 5) is 12.1. The van der Waals surface area contributed by atoms with E-state index in [0.29, 0.717) is 21.4 Å². The van der Waals surface area contributed by atoms with Gasteiger partial charge in [0.2, 0.25) is 0 Å². The summed E-state index contributed by atoms with van der Waals surface area (Å²) in [5, 5.41) is 5.07. The Morgan fingerprint density at radius 2 is 1.70 bits per heavy atom. The summed E-state index contributed by atoms with van der Waals surface area (Å²) in [5.74, 6) is 5.16. The Morgan fingerprint density at radius 3 is 2.25 bits per heavy atom. The molecule has 0 amide bonds. The van der Waals surface area contributed by atoms with E-state index in [1.165, 1.54) is 9.25 Å². The molecule has 0 atom stereocenters. The number of rotatable bonds is 3. The molecule has 4 nitrogen and oxygen atoms in total. The third-order valence-corrected chi connectivity index (χ3v) is 2.97. The van der Waals surface area contributed by atoms with E-state index in [0.717, 1.165) is 0 Å². The Kier molecular flexibility index (Phi) is 4.20. The molecule has 0 N–H and O–H groups in total. The highest BCUT2D eigenvalue weighted by Crippen LogP contribution is 2.25. The second-order valence-electron chi connectivity index (χ2n) is 3.92. The molecule has 6 heteroatoms. The van der Waals surface area contributed by atoms with Gasteiger partial charge in [-0.3, -0.25) is 4.57 Å². The van der Waals surface area contributed by atoms with Crippen LogP contribution in [0.25, 0.3) is 11.4 Å². The van der Waals surface area contributed by atoms with E-state index >= 15 is 0 Å². The zero-order valence-electron chi connectivity index (χ0n) is 10.3. The molecule has 1 aromatic heterocycles. The highest BCUT2D eigenvalue weighted by atomic mass is 35.5. The van der Waals surface area contributed by atoms with E-state index in [4.69, 9.17) is 36.0 Å². The van der Waals surface area contributed by atoms with Crippen LogP contribution in [0.15, 0.2) is 23.0 Å². The van der Waals surface area contributed by atoms with Crippen molar-refractivity contribution in [3.63, 3.8) is 0 Å². The summed E-state index contributed by atoms with van der Waals surface area (Å²) in [6.45, 7) is 0.153. The zero-order chi connectivity index (χ0) is 14.7. The molecule has 20 heavy (non-hydrogen) atoms. The molecular formula is C14H9Cl2N3O. The largest absolute Gasteiger partial charge is 0.347 e. The molecular weight excluding hydrogens is 297 g/mol. The Labute approximate surface area is 125 Å². The highest BCUT2D eigenvalue weighted by Gasteiger charge is 2.14. The Morgan fingerprint density at radius 1 is 1.10 bits per heavy atom. The van der Waals surface area contributed by atoms with E-state index in [2.05, 4.69) is 16.9 Å². The normalized spacial score (nSPS) is 10.0. The minimum Gasteiger partial charge on any atom is -0.263 e. The summed E-state index contributed by atoms with van der Waals surface area (Å²) < 4.78 is 2.51. The second kappa shape index (κ2) is 5.88. The fraction of sp³-hybridized carbons (Fsp3) is 0.143. The lowest BCUT2D eigenvalue weighted by molar-refractivity contribution is 0.663. The maximum atomic E-state index is 12.1. The van der Waals surface area contributed by atoms with Gasteiger partial charge in [-0.05, 0) is 18.2 Å². The van der Waals surface area contributed by atoms with Crippen molar-refractivity contribution >= 4 is 23.2 Å². The van der Waals surface area contributed by atoms with Crippen LogP contribution in [0.4, 0.5) is 0 Å². The van der Waals surface area contributed by atoms with Gasteiger partial charge in [0.05, 0.1) is 6.54 Å². The lowest BCUT2D eigenvalue weighted by Gasteiger charge is -2.03. The van der Waals surface area contributed by atoms with Gasteiger partial charge in [-0.1, -0.05) is 35.0 Å². The van der Waals surface area contributed by atoms with E-state index in [-0.39, 0.29) is 18.8 Å². The SMILES string of the molecule is C#CCn1nc(-c2cc(Cl)cc(Cl)c2)n(CC#C)c1=O. The molecule has 1 heterocycles. The molecule has 0 saturated heterocycles. The van der Waals surface area contributed by atoms with Crippen molar-refractivity contribution in [2.75, 3.05) is 0 Å². The monoisotopic (exact) mass is 305 g/mol. The number of hydrogen-bond donors (Lipinski definition) is 0. The van der Waals surface area contributed by atoms with Crippen molar-refractivity contribution in [1.29, 1.82) is 0 Å². The maximum absolute atomic E-state index is 12.1. The van der Waals surface area contributed by atoms with Crippen LogP contribution in [0.2, 0.25) is 10.0 Å². The summed E-state index contributed by atoms with van der Waals surface area (Å²) >= 11 is 11.9. The third kappa shape index (κ3) is 2.72. The first-order valence-corrected chi connectivity index (χ1v) is 6.33. The predicted molar refractivity (Wildman–Crippen MR) is 79.6 cm³/mol. The highest BCUT2D eigenvalue weighted by molar-refractivity contribution is 6.35. The Balaban J connectivity index is 2.67. The molecule has 0 fully saturated rings. The van der Waals surface area contributed by atoms with E-state index in [9.17, 15) is 4.79 Å². The van der Waals surface area contributed by atoms with Crippen LogP contribution in [-0.2, 0) is 13.1 Å². The third-order valence-electron chi connectivity index (χ3n) is 2.53. The van der Waals surface area contributed by atoms with Gasteiger partial charge in [0.25, 0.3) is 0 Å². The van der Waals surface area contributed by atoms with Crippen molar-refractivity contribution in [2.24, 2.45) is 0 Å². The number of halogens is 2. The summed E-state index contributed by atoms with van der Waals surface area (Å²) in [7, 11) is 0. The van der Waals surface area contributed by atoms with E-state index < -0.39 is 0 Å². The first kappa shape index (κ1) is 14.3. The van der Waals surface area contributed by atoms with Crippen molar-refractivity contribution in [3.05, 3.63) is 38.7 Å². The Hall–Kier alpha value is -2.14. The van der Waals surface area contributed by atoms with E-state index in [1.807, 2.05) is 0 Å². The first-order valence-electron chi connectivity index (χ1n) is 5.58. The average Bonchev–Trinajstić information content (AvgIpc) is 2.68. The van der Waals surface area contributed by atoms with Crippen molar-refractivity contribution in [2.45, 2.75) is 13.1 Å². The second-order valence-corrected chi connectivity index (χ2v) is 4.79. The number of nitrogens with zero attached hydrogens (tertiary/aromatic N) is 3. The maximum Gasteiger partial charge on any atom is 0.347 e. The van der Waals surface area contributed by atoms with Crippen LogP contribution >= 0.6 is 23.2 Å². The van der Waals surface area contributed by atoms with Gasteiger partial charge < -0.3 is 0 Å². The summed E-state index contributed by atoms with van der Waals surface area (Å²) in [5.41, 5.74) is 0.234. The molecule has 0 radical (unpaired) electrons. The number of hydrogen-bond acceptors (Lipinski definition) is 2. The van der Waals surface area contributed by atoms with Gasteiger partial charge in [-0.2, -0.15) is 0 Å². The van der Waals surface area contributed by atoms with Gasteiger partial charge in [0, 0.05) is 15.6 Å². The summed E-state index contributed by atoms with van der Waals surface area (Å²) in [6.07, 6.45) is 10.5. The molecule has 0 aliphatic rings. The molecule has 2 rings (SSSR count). The molecule has 0 aliphatic heterocycles. The average molecular weight is 306 g/mol. The quantitative estimate of drug-likeness (QED) is 0.816. The predicted octanol–water partition coefficient (Wildman–Crippen LogP) is 2.29. The minimum atomic E-state index is -0.369. The molecule has 2 aromatic rings. The molecule has 100 valence electrons. The fourth-order valence-electron chi connectivity index (χ4n) is 1.76. The van der Waals surface area contributed by atoms with Gasteiger partial charge in [-0.25, -0.2) is 9.48 Å². The molecule has 0 unspecified atom stereocenters. The first-order chi connectivity index (χ1) is 9.56. The topological polar surface area (TPSA) is 39.8 Å². The molecule has 0 saturated carbocycles. The summed E-state index contributed by atoms with van der Waals surface area (Å²) in [6, 6.07) is 4.90. The van der Waals surface area contributed by atoms with Crippen LogP contribution in [0.5, 0.6) is 0 Å². The lowest BCUT2D eigenvalue weighted by Crippen LogP contribution is -2.24. The van der Waals surface area contributed by atoms with Crippen LogP contribution in [0.3, 0.4) is 0 Å². The van der Waals surface area contributed by atoms with Crippen molar-refractivity contribution in [3.8, 4) is 36.1 Å². The number of benzene rings is 1. The number of aromatic nitrogens is 3. The van der Waals surface area contributed by atoms with Crippen molar-refractivity contribution < 1.29 is 0 Å². The van der Waals surface area contributed by atoms with Gasteiger partial charge in [-0.15, -0.1) is 17.9 Å².